The monoisotopic (exact) mass is 493 g/mol. The van der Waals surface area contributed by atoms with Crippen molar-refractivity contribution in [3.63, 3.8) is 0 Å². The Labute approximate surface area is 200 Å². The highest BCUT2D eigenvalue weighted by atomic mass is 32.2. The fourth-order valence-corrected chi connectivity index (χ4v) is 4.22. The maximum absolute atomic E-state index is 13.7. The van der Waals surface area contributed by atoms with Gasteiger partial charge in [-0.2, -0.15) is 13.2 Å². The van der Waals surface area contributed by atoms with Crippen LogP contribution in [0.15, 0.2) is 91.0 Å². The van der Waals surface area contributed by atoms with Crippen LogP contribution in [0.1, 0.15) is 5.56 Å². The van der Waals surface area contributed by atoms with E-state index >= 15 is 0 Å². The van der Waals surface area contributed by atoms with Gasteiger partial charge in [-0.25, -0.2) is 13.4 Å². The first-order valence-electron chi connectivity index (χ1n) is 10.6. The minimum absolute atomic E-state index is 0.155. The van der Waals surface area contributed by atoms with Gasteiger partial charge in [0.15, 0.2) is 0 Å². The molecule has 0 fully saturated rings. The van der Waals surface area contributed by atoms with E-state index in [1.165, 1.54) is 0 Å². The zero-order valence-electron chi connectivity index (χ0n) is 18.0. The summed E-state index contributed by atoms with van der Waals surface area (Å²) in [5.41, 5.74) is 3.50. The van der Waals surface area contributed by atoms with Crippen LogP contribution in [-0.4, -0.2) is 13.4 Å². The number of thiol groups is 1. The van der Waals surface area contributed by atoms with Crippen LogP contribution >= 0.6 is 0 Å². The lowest BCUT2D eigenvalue weighted by Gasteiger charge is -2.13. The summed E-state index contributed by atoms with van der Waals surface area (Å²) in [6.07, 6.45) is -4.55. The van der Waals surface area contributed by atoms with Crippen LogP contribution in [0.4, 0.5) is 18.9 Å². The zero-order valence-corrected chi connectivity index (χ0v) is 18.9. The molecule has 0 atom stereocenters. The predicted molar refractivity (Wildman–Crippen MR) is 132 cm³/mol. The van der Waals surface area contributed by atoms with Crippen molar-refractivity contribution >= 4 is 38.1 Å². The highest BCUT2D eigenvalue weighted by Gasteiger charge is 2.32. The maximum atomic E-state index is 13.7. The lowest BCUT2D eigenvalue weighted by molar-refractivity contribution is -0.137. The van der Waals surface area contributed by atoms with Gasteiger partial charge in [0.2, 0.25) is 10.9 Å². The van der Waals surface area contributed by atoms with Crippen molar-refractivity contribution in [2.24, 2.45) is 0 Å². The van der Waals surface area contributed by atoms with Gasteiger partial charge in [-0.05, 0) is 51.9 Å². The molecule has 0 aliphatic rings. The lowest BCUT2D eigenvalue weighted by Crippen LogP contribution is -2.18. The Morgan fingerprint density at radius 1 is 0.686 bits per heavy atom. The molecule has 0 aliphatic carbocycles. The summed E-state index contributed by atoms with van der Waals surface area (Å²) in [7, 11) is -2.84. The number of benzene rings is 4. The molecule has 5 aromatic rings. The number of pyridine rings is 1. The van der Waals surface area contributed by atoms with Gasteiger partial charge in [0.05, 0.1) is 17.0 Å². The average molecular weight is 494 g/mol. The second-order valence-electron chi connectivity index (χ2n) is 7.92. The van der Waals surface area contributed by atoms with Crippen molar-refractivity contribution in [3.05, 3.63) is 96.6 Å². The summed E-state index contributed by atoms with van der Waals surface area (Å²) >= 11 is 0. The minimum Gasteiger partial charge on any atom is -0.308 e. The highest BCUT2D eigenvalue weighted by Crippen LogP contribution is 2.36. The van der Waals surface area contributed by atoms with Crippen LogP contribution < -0.4 is 10.3 Å². The van der Waals surface area contributed by atoms with Gasteiger partial charge < -0.3 is 5.43 Å². The summed E-state index contributed by atoms with van der Waals surface area (Å²) in [5, 5.41) is 4.07. The molecular formula is C26H18F3N3O2S. The molecule has 0 unspecified atom stereocenters. The number of nitrogens with zero attached hydrogens (tertiary/aromatic N) is 1. The standard InChI is InChI=1S/C26H18F3N3O2S/c27-26(28,29)20-14-24(17-7-10-21(11-8-17)31-32-35(33)34)30-25(15-20)19-9-12-23-18(13-19)6-5-16-3-1-2-4-22(16)23/h1-15,31,35H,(H,32,33,34). The zero-order chi connectivity index (χ0) is 24.6. The largest absolute Gasteiger partial charge is 0.416 e. The van der Waals surface area contributed by atoms with Gasteiger partial charge in [-0.1, -0.05) is 60.7 Å². The quantitative estimate of drug-likeness (QED) is 0.155. The molecule has 0 saturated heterocycles. The number of halogens is 3. The van der Waals surface area contributed by atoms with Gasteiger partial charge in [-0.3, -0.25) is 0 Å². The number of hydrazine groups is 1. The van der Waals surface area contributed by atoms with E-state index in [0.717, 1.165) is 33.7 Å². The van der Waals surface area contributed by atoms with Crippen molar-refractivity contribution in [1.82, 2.24) is 9.82 Å². The molecule has 5 rings (SSSR count). The Morgan fingerprint density at radius 3 is 2.03 bits per heavy atom. The number of alkyl halides is 3. The highest BCUT2D eigenvalue weighted by molar-refractivity contribution is 7.70. The first-order valence-corrected chi connectivity index (χ1v) is 11.7. The first-order chi connectivity index (χ1) is 16.8. The van der Waals surface area contributed by atoms with E-state index in [1.807, 2.05) is 53.4 Å². The van der Waals surface area contributed by atoms with Gasteiger partial charge >= 0.3 is 6.18 Å². The molecule has 0 radical (unpaired) electrons. The molecule has 0 aliphatic heterocycles. The number of rotatable bonds is 5. The molecule has 176 valence electrons. The molecule has 4 aromatic carbocycles. The molecule has 0 spiro atoms. The molecular weight excluding hydrogens is 475 g/mol. The van der Waals surface area contributed by atoms with Crippen LogP contribution in [0.25, 0.3) is 44.1 Å². The predicted octanol–water partition coefficient (Wildman–Crippen LogP) is 6.18. The first kappa shape index (κ1) is 22.8. The van der Waals surface area contributed by atoms with Crippen molar-refractivity contribution in [1.29, 1.82) is 0 Å². The number of nitrogens with one attached hydrogen (secondary N) is 2. The SMILES string of the molecule is O=[SH](=O)NNc1ccc(-c2cc(C(F)(F)F)cc(-c3ccc4c(ccc5ccccc54)c3)n2)cc1. The van der Waals surface area contributed by atoms with Gasteiger partial charge in [0, 0.05) is 16.8 Å². The Balaban J connectivity index is 1.59. The van der Waals surface area contributed by atoms with Crippen LogP contribution in [0.2, 0.25) is 0 Å². The fourth-order valence-electron chi connectivity index (χ4n) is 4.00. The van der Waals surface area contributed by atoms with Crippen LogP contribution in [0.3, 0.4) is 0 Å². The summed E-state index contributed by atoms with van der Waals surface area (Å²) in [4.78, 5) is 6.57. The summed E-state index contributed by atoms with van der Waals surface area (Å²) in [6, 6.07) is 25.7. The van der Waals surface area contributed by atoms with Crippen LogP contribution in [0.5, 0.6) is 0 Å². The molecule has 0 amide bonds. The van der Waals surface area contributed by atoms with E-state index in [9.17, 15) is 21.6 Å². The number of hydrogen-bond donors (Lipinski definition) is 3. The van der Waals surface area contributed by atoms with Crippen molar-refractivity contribution in [2.75, 3.05) is 5.43 Å². The summed E-state index contributed by atoms with van der Waals surface area (Å²) < 4.78 is 62.5. The molecule has 35 heavy (non-hydrogen) atoms. The molecule has 5 nitrogen and oxygen atoms in total. The maximum Gasteiger partial charge on any atom is 0.416 e. The van der Waals surface area contributed by atoms with Gasteiger partial charge in [0.25, 0.3) is 0 Å². The van der Waals surface area contributed by atoms with Crippen molar-refractivity contribution < 1.29 is 21.6 Å². The molecule has 0 bridgehead atoms. The Hall–Kier alpha value is -3.95. The van der Waals surface area contributed by atoms with E-state index in [2.05, 4.69) is 10.4 Å². The molecule has 2 N–H and O–H groups in total. The number of anilines is 1. The Bertz CT molecular complexity index is 1620. The molecule has 1 heterocycles. The second kappa shape index (κ2) is 9.01. The average Bonchev–Trinajstić information content (AvgIpc) is 2.86. The molecule has 1 aromatic heterocycles. The Kier molecular flexibility index (Phi) is 5.88. The second-order valence-corrected chi connectivity index (χ2v) is 8.66. The van der Waals surface area contributed by atoms with E-state index in [4.69, 9.17) is 0 Å². The van der Waals surface area contributed by atoms with E-state index < -0.39 is 22.6 Å². The van der Waals surface area contributed by atoms with Gasteiger partial charge in [0.1, 0.15) is 0 Å². The van der Waals surface area contributed by atoms with E-state index in [1.54, 1.807) is 30.3 Å². The number of fused-ring (bicyclic) bond motifs is 3. The van der Waals surface area contributed by atoms with Crippen LogP contribution in [0, 0.1) is 0 Å². The van der Waals surface area contributed by atoms with E-state index in [0.29, 0.717) is 16.8 Å². The third-order valence-electron chi connectivity index (χ3n) is 5.67. The minimum atomic E-state index is -4.55. The summed E-state index contributed by atoms with van der Waals surface area (Å²) in [6.45, 7) is 0. The smallest absolute Gasteiger partial charge is 0.308 e. The Morgan fingerprint density at radius 2 is 1.31 bits per heavy atom. The lowest BCUT2D eigenvalue weighted by atomic mass is 9.98. The third-order valence-corrected chi connectivity index (χ3v) is 5.96. The molecule has 0 saturated carbocycles. The third kappa shape index (κ3) is 4.82. The topological polar surface area (TPSA) is 71.1 Å². The fraction of sp³-hybridized carbons (Fsp3) is 0.0385. The van der Waals surface area contributed by atoms with Crippen LogP contribution in [-0.2, 0) is 17.1 Å². The van der Waals surface area contributed by atoms with E-state index in [-0.39, 0.29) is 11.4 Å². The number of aromatic nitrogens is 1. The van der Waals surface area contributed by atoms with Crippen molar-refractivity contribution in [2.45, 2.75) is 6.18 Å². The normalized spacial score (nSPS) is 11.9. The summed E-state index contributed by atoms with van der Waals surface area (Å²) in [5.74, 6) is 0. The van der Waals surface area contributed by atoms with Crippen molar-refractivity contribution in [3.8, 4) is 22.5 Å². The van der Waals surface area contributed by atoms with Gasteiger partial charge in [-0.15, -0.1) is 4.83 Å². The molecule has 9 heteroatoms. The number of hydrogen-bond acceptors (Lipinski definition) is 4.